The van der Waals surface area contributed by atoms with E-state index < -0.39 is 29.7 Å². The lowest BCUT2D eigenvalue weighted by Crippen LogP contribution is -2.29. The number of hydrogen-bond donors (Lipinski definition) is 3. The minimum Gasteiger partial charge on any atom is -0.435 e. The molecule has 1 aromatic heterocycles. The molecule has 1 amide bonds. The van der Waals surface area contributed by atoms with Crippen LogP contribution in [0.25, 0.3) is 11.0 Å². The van der Waals surface area contributed by atoms with E-state index in [-0.39, 0.29) is 11.3 Å². The van der Waals surface area contributed by atoms with Gasteiger partial charge in [-0.1, -0.05) is 12.1 Å². The Hall–Kier alpha value is -3.49. The van der Waals surface area contributed by atoms with E-state index >= 15 is 0 Å². The van der Waals surface area contributed by atoms with Gasteiger partial charge in [0, 0.05) is 5.56 Å². The van der Waals surface area contributed by atoms with Gasteiger partial charge in [0.1, 0.15) is 5.75 Å². The zero-order chi connectivity index (χ0) is 19.6. The fourth-order valence-corrected chi connectivity index (χ4v) is 2.58. The lowest BCUT2D eigenvalue weighted by atomic mass is 10.1. The van der Waals surface area contributed by atoms with Crippen LogP contribution in [0.2, 0.25) is 0 Å². The highest BCUT2D eigenvalue weighted by Gasteiger charge is 2.14. The van der Waals surface area contributed by atoms with Gasteiger partial charge in [0.2, 0.25) is 0 Å². The number of amides is 1. The van der Waals surface area contributed by atoms with Crippen LogP contribution in [0.1, 0.15) is 28.9 Å². The van der Waals surface area contributed by atoms with Crippen LogP contribution in [0.4, 0.5) is 8.78 Å². The van der Waals surface area contributed by atoms with Gasteiger partial charge in [-0.05, 0) is 42.8 Å². The van der Waals surface area contributed by atoms with Crippen molar-refractivity contribution in [2.75, 3.05) is 0 Å². The van der Waals surface area contributed by atoms with Gasteiger partial charge in [0.25, 0.3) is 5.91 Å². The molecule has 0 unspecified atom stereocenters. The van der Waals surface area contributed by atoms with Crippen LogP contribution < -0.4 is 21.2 Å². The van der Waals surface area contributed by atoms with Crippen LogP contribution in [0.3, 0.4) is 0 Å². The number of aromatic nitrogens is 2. The predicted molar refractivity (Wildman–Crippen MR) is 94.1 cm³/mol. The average molecular weight is 375 g/mol. The number of carbonyl (C=O) groups is 1. The third-order valence-electron chi connectivity index (χ3n) is 3.92. The minimum atomic E-state index is -2.93. The number of benzene rings is 2. The monoisotopic (exact) mass is 375 g/mol. The zero-order valence-electron chi connectivity index (χ0n) is 14.1. The van der Waals surface area contributed by atoms with Crippen molar-refractivity contribution in [1.29, 1.82) is 0 Å². The number of alkyl halides is 2. The Bertz CT molecular complexity index is 1110. The quantitative estimate of drug-likeness (QED) is 0.595. The van der Waals surface area contributed by atoms with Gasteiger partial charge in [-0.25, -0.2) is 0 Å². The van der Waals surface area contributed by atoms with Gasteiger partial charge in [0.15, 0.2) is 0 Å². The van der Waals surface area contributed by atoms with Crippen LogP contribution in [-0.4, -0.2) is 22.5 Å². The maximum atomic E-state index is 12.5. The molecule has 9 heteroatoms. The molecule has 0 aliphatic heterocycles. The molecule has 3 aromatic rings. The summed E-state index contributed by atoms with van der Waals surface area (Å²) >= 11 is 0. The number of ether oxygens (including phenoxy) is 1. The number of aromatic amines is 2. The summed E-state index contributed by atoms with van der Waals surface area (Å²) in [6.45, 7) is -1.24. The highest BCUT2D eigenvalue weighted by molar-refractivity contribution is 5.97. The zero-order valence-corrected chi connectivity index (χ0v) is 14.1. The Labute approximate surface area is 151 Å². The van der Waals surface area contributed by atoms with Gasteiger partial charge in [-0.2, -0.15) is 8.78 Å². The second kappa shape index (κ2) is 7.40. The molecule has 0 saturated heterocycles. The molecule has 1 atom stereocenters. The molecule has 0 aliphatic carbocycles. The summed E-state index contributed by atoms with van der Waals surface area (Å²) in [6.07, 6.45) is 0. The van der Waals surface area contributed by atoms with E-state index in [0.717, 1.165) is 0 Å². The Morgan fingerprint density at radius 2 is 1.74 bits per heavy atom. The largest absolute Gasteiger partial charge is 0.435 e. The molecular weight excluding hydrogens is 360 g/mol. The molecule has 2 aromatic carbocycles. The lowest BCUT2D eigenvalue weighted by Gasteiger charge is -2.16. The SMILES string of the molecule is C[C@@H](NC(=O)c1ccc2[nH]c(=O)c(=O)[nH]c2c1)c1cccc(OC(F)F)c1. The van der Waals surface area contributed by atoms with Crippen molar-refractivity contribution in [3.05, 3.63) is 74.3 Å². The molecule has 3 N–H and O–H groups in total. The van der Waals surface area contributed by atoms with Crippen molar-refractivity contribution in [3.63, 3.8) is 0 Å². The summed E-state index contributed by atoms with van der Waals surface area (Å²) in [5.74, 6) is -0.438. The number of halogens is 2. The number of nitrogens with one attached hydrogen (secondary N) is 3. The van der Waals surface area contributed by atoms with E-state index in [1.54, 1.807) is 19.1 Å². The number of rotatable bonds is 5. The van der Waals surface area contributed by atoms with Gasteiger partial charge >= 0.3 is 17.7 Å². The van der Waals surface area contributed by atoms with Crippen LogP contribution >= 0.6 is 0 Å². The molecule has 3 rings (SSSR count). The number of fused-ring (bicyclic) bond motifs is 1. The van der Waals surface area contributed by atoms with E-state index in [2.05, 4.69) is 20.0 Å². The molecular formula is C18H15F2N3O4. The van der Waals surface area contributed by atoms with Crippen molar-refractivity contribution >= 4 is 16.9 Å². The lowest BCUT2D eigenvalue weighted by molar-refractivity contribution is -0.0499. The molecule has 7 nitrogen and oxygen atoms in total. The molecule has 0 spiro atoms. The molecule has 140 valence electrons. The first-order chi connectivity index (χ1) is 12.8. The van der Waals surface area contributed by atoms with Crippen LogP contribution in [-0.2, 0) is 0 Å². The fraction of sp³-hybridized carbons (Fsp3) is 0.167. The van der Waals surface area contributed by atoms with E-state index in [0.29, 0.717) is 16.6 Å². The summed E-state index contributed by atoms with van der Waals surface area (Å²) < 4.78 is 29.0. The van der Waals surface area contributed by atoms with Crippen LogP contribution in [0, 0.1) is 0 Å². The first kappa shape index (κ1) is 18.3. The second-order valence-electron chi connectivity index (χ2n) is 5.81. The summed E-state index contributed by atoms with van der Waals surface area (Å²) in [7, 11) is 0. The third kappa shape index (κ3) is 4.20. The van der Waals surface area contributed by atoms with Gasteiger partial charge in [0.05, 0.1) is 17.1 Å². The highest BCUT2D eigenvalue weighted by Crippen LogP contribution is 2.21. The Kier molecular flexibility index (Phi) is 5.02. The standard InChI is InChI=1S/C18H15F2N3O4/c1-9(10-3-2-4-12(7-10)27-18(19)20)21-15(24)11-5-6-13-14(8-11)23-17(26)16(25)22-13/h2-9,18H,1H3,(H,21,24)(H,22,25)(H,23,26)/t9-/m1/s1. The van der Waals surface area contributed by atoms with Crippen LogP contribution in [0.5, 0.6) is 5.75 Å². The van der Waals surface area contributed by atoms with E-state index in [1.165, 1.54) is 30.3 Å². The maximum absolute atomic E-state index is 12.5. The van der Waals surface area contributed by atoms with Crippen molar-refractivity contribution < 1.29 is 18.3 Å². The average Bonchev–Trinajstić information content (AvgIpc) is 2.62. The van der Waals surface area contributed by atoms with Crippen LogP contribution in [0.15, 0.2) is 52.1 Å². The van der Waals surface area contributed by atoms with Crippen molar-refractivity contribution in [1.82, 2.24) is 15.3 Å². The summed E-state index contributed by atoms with van der Waals surface area (Å²) in [4.78, 5) is 40.0. The van der Waals surface area contributed by atoms with E-state index in [9.17, 15) is 23.2 Å². The molecule has 1 heterocycles. The first-order valence-electron chi connectivity index (χ1n) is 7.95. The maximum Gasteiger partial charge on any atom is 0.387 e. The smallest absolute Gasteiger partial charge is 0.387 e. The predicted octanol–water partition coefficient (Wildman–Crippen LogP) is 2.31. The van der Waals surface area contributed by atoms with Gasteiger partial charge < -0.3 is 20.0 Å². The number of hydrogen-bond acceptors (Lipinski definition) is 4. The van der Waals surface area contributed by atoms with Gasteiger partial charge in [-0.3, -0.25) is 14.4 Å². The highest BCUT2D eigenvalue weighted by atomic mass is 19.3. The first-order valence-corrected chi connectivity index (χ1v) is 7.95. The third-order valence-corrected chi connectivity index (χ3v) is 3.92. The summed E-state index contributed by atoms with van der Waals surface area (Å²) in [5, 5.41) is 2.74. The number of H-pyrrole nitrogens is 2. The summed E-state index contributed by atoms with van der Waals surface area (Å²) in [6, 6.07) is 9.98. The summed E-state index contributed by atoms with van der Waals surface area (Å²) in [5.41, 5.74) is -0.0474. The minimum absolute atomic E-state index is 0.00386. The van der Waals surface area contributed by atoms with Crippen molar-refractivity contribution in [2.24, 2.45) is 0 Å². The normalized spacial score (nSPS) is 12.1. The van der Waals surface area contributed by atoms with Gasteiger partial charge in [-0.15, -0.1) is 0 Å². The Balaban J connectivity index is 1.80. The fourth-order valence-electron chi connectivity index (χ4n) is 2.58. The van der Waals surface area contributed by atoms with E-state index in [4.69, 9.17) is 0 Å². The molecule has 0 radical (unpaired) electrons. The molecule has 0 fully saturated rings. The van der Waals surface area contributed by atoms with Crippen molar-refractivity contribution in [3.8, 4) is 5.75 Å². The molecule has 0 aliphatic rings. The Morgan fingerprint density at radius 1 is 1.04 bits per heavy atom. The molecule has 0 saturated carbocycles. The number of carbonyl (C=O) groups excluding carboxylic acids is 1. The molecule has 27 heavy (non-hydrogen) atoms. The van der Waals surface area contributed by atoms with E-state index in [1.807, 2.05) is 0 Å². The second-order valence-corrected chi connectivity index (χ2v) is 5.81. The topological polar surface area (TPSA) is 104 Å². The molecule has 0 bridgehead atoms. The van der Waals surface area contributed by atoms with Crippen molar-refractivity contribution in [2.45, 2.75) is 19.6 Å². The Morgan fingerprint density at radius 3 is 2.44 bits per heavy atom.